The van der Waals surface area contributed by atoms with E-state index in [1.807, 2.05) is 0 Å². The van der Waals surface area contributed by atoms with E-state index in [4.69, 9.17) is 5.73 Å². The SMILES string of the molecule is Cl.N[C@@H]1CC[C@H](CS(=O)(=O)C(F)F)C1. The molecule has 7 heteroatoms. The molecule has 0 aliphatic heterocycles. The first-order valence-corrected chi connectivity index (χ1v) is 5.88. The summed E-state index contributed by atoms with van der Waals surface area (Å²) in [6.07, 6.45) is 1.93. The summed E-state index contributed by atoms with van der Waals surface area (Å²) in [4.78, 5) is 0. The van der Waals surface area contributed by atoms with Crippen LogP contribution in [0, 0.1) is 5.92 Å². The van der Waals surface area contributed by atoms with E-state index in [1.165, 1.54) is 0 Å². The monoisotopic (exact) mass is 249 g/mol. The smallest absolute Gasteiger partial charge is 0.328 e. The van der Waals surface area contributed by atoms with Crippen molar-refractivity contribution in [3.05, 3.63) is 0 Å². The van der Waals surface area contributed by atoms with Crippen LogP contribution in [0.1, 0.15) is 19.3 Å². The minimum Gasteiger partial charge on any atom is -0.328 e. The summed E-state index contributed by atoms with van der Waals surface area (Å²) in [5.41, 5.74) is 5.54. The number of halogens is 3. The maximum atomic E-state index is 11.9. The van der Waals surface area contributed by atoms with Crippen LogP contribution in [0.4, 0.5) is 8.78 Å². The molecule has 0 aromatic rings. The van der Waals surface area contributed by atoms with Crippen LogP contribution in [0.5, 0.6) is 0 Å². The van der Waals surface area contributed by atoms with Gasteiger partial charge in [-0.15, -0.1) is 12.4 Å². The maximum Gasteiger partial charge on any atom is 0.336 e. The van der Waals surface area contributed by atoms with Crippen molar-refractivity contribution >= 4 is 22.2 Å². The Morgan fingerprint density at radius 1 is 1.36 bits per heavy atom. The number of rotatable bonds is 3. The predicted octanol–water partition coefficient (Wildman–Crippen LogP) is 1.17. The van der Waals surface area contributed by atoms with Crippen molar-refractivity contribution in [3.63, 3.8) is 0 Å². The van der Waals surface area contributed by atoms with Crippen molar-refractivity contribution in [2.75, 3.05) is 5.75 Å². The number of alkyl halides is 2. The zero-order valence-electron chi connectivity index (χ0n) is 7.53. The molecule has 2 atom stereocenters. The van der Waals surface area contributed by atoms with E-state index in [0.717, 1.165) is 6.42 Å². The molecule has 0 unspecified atom stereocenters. The predicted molar refractivity (Wildman–Crippen MR) is 52.4 cm³/mol. The highest BCUT2D eigenvalue weighted by atomic mass is 35.5. The molecule has 86 valence electrons. The Hall–Kier alpha value is 0.0600. The second-order valence-corrected chi connectivity index (χ2v) is 5.54. The summed E-state index contributed by atoms with van der Waals surface area (Å²) in [6, 6.07) is -0.0159. The van der Waals surface area contributed by atoms with Crippen LogP contribution in [-0.2, 0) is 9.84 Å². The van der Waals surface area contributed by atoms with Crippen LogP contribution >= 0.6 is 12.4 Å². The molecule has 0 saturated heterocycles. The molecule has 0 heterocycles. The van der Waals surface area contributed by atoms with Crippen molar-refractivity contribution in [2.24, 2.45) is 11.7 Å². The Bertz CT molecular complexity index is 271. The van der Waals surface area contributed by atoms with E-state index in [9.17, 15) is 17.2 Å². The van der Waals surface area contributed by atoms with E-state index in [-0.39, 0.29) is 24.4 Å². The summed E-state index contributed by atoms with van der Waals surface area (Å²) < 4.78 is 45.5. The van der Waals surface area contributed by atoms with E-state index in [2.05, 4.69) is 0 Å². The van der Waals surface area contributed by atoms with Gasteiger partial charge in [-0.1, -0.05) is 0 Å². The van der Waals surface area contributed by atoms with Crippen molar-refractivity contribution < 1.29 is 17.2 Å². The zero-order valence-corrected chi connectivity index (χ0v) is 9.16. The molecule has 1 saturated carbocycles. The summed E-state index contributed by atoms with van der Waals surface area (Å²) >= 11 is 0. The molecule has 2 N–H and O–H groups in total. The number of hydrogen-bond donors (Lipinski definition) is 1. The van der Waals surface area contributed by atoms with Gasteiger partial charge in [-0.3, -0.25) is 0 Å². The largest absolute Gasteiger partial charge is 0.336 e. The zero-order chi connectivity index (χ0) is 10.1. The minimum atomic E-state index is -4.19. The average Bonchev–Trinajstić information content (AvgIpc) is 2.34. The second kappa shape index (κ2) is 5.23. The summed E-state index contributed by atoms with van der Waals surface area (Å²) in [5, 5.41) is 0. The van der Waals surface area contributed by atoms with E-state index >= 15 is 0 Å². The van der Waals surface area contributed by atoms with Gasteiger partial charge >= 0.3 is 5.76 Å². The lowest BCUT2D eigenvalue weighted by molar-refractivity contribution is 0.233. The van der Waals surface area contributed by atoms with E-state index < -0.39 is 21.3 Å². The molecule has 0 aromatic heterocycles. The molecule has 3 nitrogen and oxygen atoms in total. The third-order valence-electron chi connectivity index (χ3n) is 2.32. The third-order valence-corrected chi connectivity index (χ3v) is 3.80. The van der Waals surface area contributed by atoms with Gasteiger partial charge in [-0.2, -0.15) is 8.78 Å². The molecular formula is C7H14ClF2NO2S. The first kappa shape index (κ1) is 14.1. The highest BCUT2D eigenvalue weighted by Crippen LogP contribution is 2.26. The fourth-order valence-electron chi connectivity index (χ4n) is 1.67. The van der Waals surface area contributed by atoms with Crippen molar-refractivity contribution in [2.45, 2.75) is 31.1 Å². The standard InChI is InChI=1S/C7H13F2NO2S.ClH/c8-7(9)13(11,12)4-5-1-2-6(10)3-5;/h5-7H,1-4,10H2;1H/t5-,6+;/m0./s1. The van der Waals surface area contributed by atoms with Crippen LogP contribution < -0.4 is 5.73 Å². The highest BCUT2D eigenvalue weighted by Gasteiger charge is 2.31. The van der Waals surface area contributed by atoms with E-state index in [1.54, 1.807) is 0 Å². The molecule has 14 heavy (non-hydrogen) atoms. The maximum absolute atomic E-state index is 11.9. The highest BCUT2D eigenvalue weighted by molar-refractivity contribution is 7.91. The molecule has 1 aliphatic carbocycles. The first-order valence-electron chi connectivity index (χ1n) is 4.17. The molecule has 1 fully saturated rings. The summed E-state index contributed by atoms with van der Waals surface area (Å²) in [5.74, 6) is -3.84. The molecule has 0 amide bonds. The van der Waals surface area contributed by atoms with Crippen LogP contribution in [0.3, 0.4) is 0 Å². The molecule has 1 aliphatic rings. The van der Waals surface area contributed by atoms with Crippen molar-refractivity contribution in [1.29, 1.82) is 0 Å². The third kappa shape index (κ3) is 3.67. The number of hydrogen-bond acceptors (Lipinski definition) is 3. The molecule has 0 spiro atoms. The van der Waals surface area contributed by atoms with Crippen molar-refractivity contribution in [1.82, 2.24) is 0 Å². The number of nitrogens with two attached hydrogens (primary N) is 1. The van der Waals surface area contributed by atoms with Gasteiger partial charge in [-0.25, -0.2) is 8.42 Å². The normalized spacial score (nSPS) is 27.7. The van der Waals surface area contributed by atoms with Gasteiger partial charge in [0.05, 0.1) is 5.75 Å². The van der Waals surface area contributed by atoms with Crippen LogP contribution in [-0.4, -0.2) is 26.0 Å². The second-order valence-electron chi connectivity index (χ2n) is 3.53. The minimum absolute atomic E-state index is 0. The summed E-state index contributed by atoms with van der Waals surface area (Å²) in [6.45, 7) is 0. The Morgan fingerprint density at radius 2 is 1.93 bits per heavy atom. The van der Waals surface area contributed by atoms with Gasteiger partial charge in [0.2, 0.25) is 9.84 Å². The fourth-order valence-corrected chi connectivity index (χ4v) is 2.77. The lowest BCUT2D eigenvalue weighted by Crippen LogP contribution is -2.22. The molecule has 0 aromatic carbocycles. The van der Waals surface area contributed by atoms with Gasteiger partial charge in [0.25, 0.3) is 0 Å². The molecule has 0 radical (unpaired) electrons. The van der Waals surface area contributed by atoms with Gasteiger partial charge in [0.15, 0.2) is 0 Å². The fraction of sp³-hybridized carbons (Fsp3) is 1.00. The lowest BCUT2D eigenvalue weighted by Gasteiger charge is -2.08. The average molecular weight is 250 g/mol. The topological polar surface area (TPSA) is 60.2 Å². The van der Waals surface area contributed by atoms with Crippen LogP contribution in [0.2, 0.25) is 0 Å². The molecular weight excluding hydrogens is 236 g/mol. The Balaban J connectivity index is 0.00000169. The first-order chi connectivity index (χ1) is 5.92. The molecule has 0 bridgehead atoms. The van der Waals surface area contributed by atoms with Gasteiger partial charge < -0.3 is 5.73 Å². The Labute approximate surface area is 88.4 Å². The number of sulfone groups is 1. The van der Waals surface area contributed by atoms with Crippen molar-refractivity contribution in [3.8, 4) is 0 Å². The Morgan fingerprint density at radius 3 is 2.29 bits per heavy atom. The molecule has 1 rings (SSSR count). The van der Waals surface area contributed by atoms with E-state index in [0.29, 0.717) is 12.8 Å². The van der Waals surface area contributed by atoms with Gasteiger partial charge in [-0.05, 0) is 25.2 Å². The van der Waals surface area contributed by atoms with Gasteiger partial charge in [0, 0.05) is 6.04 Å². The van der Waals surface area contributed by atoms with Crippen LogP contribution in [0.15, 0.2) is 0 Å². The lowest BCUT2D eigenvalue weighted by atomic mass is 10.1. The Kier molecular flexibility index (Phi) is 5.25. The van der Waals surface area contributed by atoms with Gasteiger partial charge in [0.1, 0.15) is 0 Å². The van der Waals surface area contributed by atoms with Crippen LogP contribution in [0.25, 0.3) is 0 Å². The quantitative estimate of drug-likeness (QED) is 0.817. The summed E-state index contributed by atoms with van der Waals surface area (Å²) in [7, 11) is -4.19.